The van der Waals surface area contributed by atoms with Crippen LogP contribution >= 0.6 is 0 Å². The third-order valence-electron chi connectivity index (χ3n) is 5.01. The van der Waals surface area contributed by atoms with Crippen molar-refractivity contribution in [2.75, 3.05) is 37.6 Å². The highest BCUT2D eigenvalue weighted by atomic mass is 19.1. The molecule has 2 amide bonds. The van der Waals surface area contributed by atoms with Gasteiger partial charge in [0, 0.05) is 45.1 Å². The van der Waals surface area contributed by atoms with Crippen LogP contribution in [0.15, 0.2) is 42.7 Å². The largest absolute Gasteiger partial charge is 0.366 e. The zero-order valence-corrected chi connectivity index (χ0v) is 16.9. The first kappa shape index (κ1) is 20.8. The van der Waals surface area contributed by atoms with Gasteiger partial charge in [-0.15, -0.1) is 0 Å². The highest BCUT2D eigenvalue weighted by Gasteiger charge is 2.24. The van der Waals surface area contributed by atoms with Gasteiger partial charge >= 0.3 is 0 Å². The smallest absolute Gasteiger partial charge is 0.255 e. The zero-order chi connectivity index (χ0) is 20.8. The first-order valence-corrected chi connectivity index (χ1v) is 9.97. The fraction of sp³-hybridized carbons (Fsp3) is 0.409. The molecule has 0 bridgehead atoms. The Hall–Kier alpha value is -2.96. The van der Waals surface area contributed by atoms with Crippen LogP contribution in [0.1, 0.15) is 41.0 Å². The molecule has 2 aromatic rings. The molecule has 0 atom stereocenters. The van der Waals surface area contributed by atoms with Crippen LogP contribution in [0.25, 0.3) is 0 Å². The number of piperazine rings is 1. The van der Waals surface area contributed by atoms with Crippen LogP contribution in [0.3, 0.4) is 0 Å². The lowest BCUT2D eigenvalue weighted by Crippen LogP contribution is -2.49. The average Bonchev–Trinajstić information content (AvgIpc) is 2.73. The number of hydrogen-bond donors (Lipinski definition) is 1. The number of amides is 2. The molecule has 1 N–H and O–H groups in total. The number of halogens is 1. The molecule has 0 aliphatic carbocycles. The summed E-state index contributed by atoms with van der Waals surface area (Å²) >= 11 is 0. The SMILES string of the molecule is CC(C)CCNC(=O)c1cncc(C(=O)N2CCN(c3ccccc3F)CC2)c1. The van der Waals surface area contributed by atoms with E-state index in [1.807, 2.05) is 4.90 Å². The number of para-hydroxylation sites is 1. The third kappa shape index (κ3) is 5.31. The van der Waals surface area contributed by atoms with Crippen LogP contribution in [-0.2, 0) is 0 Å². The van der Waals surface area contributed by atoms with Crippen molar-refractivity contribution >= 4 is 17.5 Å². The summed E-state index contributed by atoms with van der Waals surface area (Å²) in [5.41, 5.74) is 1.33. The molecule has 3 rings (SSSR count). The van der Waals surface area contributed by atoms with E-state index in [2.05, 4.69) is 24.1 Å². The van der Waals surface area contributed by atoms with Crippen LogP contribution in [-0.4, -0.2) is 54.4 Å². The van der Waals surface area contributed by atoms with Crippen molar-refractivity contribution in [3.63, 3.8) is 0 Å². The monoisotopic (exact) mass is 398 g/mol. The lowest BCUT2D eigenvalue weighted by Gasteiger charge is -2.36. The molecule has 1 saturated heterocycles. The van der Waals surface area contributed by atoms with E-state index in [9.17, 15) is 14.0 Å². The Bertz CT molecular complexity index is 863. The molecule has 0 spiro atoms. The van der Waals surface area contributed by atoms with Gasteiger partial charge in [0.2, 0.25) is 0 Å². The Balaban J connectivity index is 1.60. The van der Waals surface area contributed by atoms with E-state index in [4.69, 9.17) is 0 Å². The molecule has 0 unspecified atom stereocenters. The summed E-state index contributed by atoms with van der Waals surface area (Å²) < 4.78 is 14.0. The average molecular weight is 398 g/mol. The van der Waals surface area contributed by atoms with E-state index < -0.39 is 0 Å². The van der Waals surface area contributed by atoms with Crippen molar-refractivity contribution in [1.29, 1.82) is 0 Å². The summed E-state index contributed by atoms with van der Waals surface area (Å²) in [5, 5.41) is 2.86. The van der Waals surface area contributed by atoms with E-state index in [-0.39, 0.29) is 17.6 Å². The van der Waals surface area contributed by atoms with Crippen molar-refractivity contribution in [2.24, 2.45) is 5.92 Å². The van der Waals surface area contributed by atoms with Crippen molar-refractivity contribution in [3.05, 3.63) is 59.7 Å². The molecule has 154 valence electrons. The molecule has 1 fully saturated rings. The maximum Gasteiger partial charge on any atom is 0.255 e. The zero-order valence-electron chi connectivity index (χ0n) is 16.9. The van der Waals surface area contributed by atoms with Crippen LogP contribution in [0.2, 0.25) is 0 Å². The lowest BCUT2D eigenvalue weighted by molar-refractivity contribution is 0.0746. The maximum absolute atomic E-state index is 14.0. The minimum Gasteiger partial charge on any atom is -0.366 e. The van der Waals surface area contributed by atoms with E-state index in [1.54, 1.807) is 29.2 Å². The number of benzene rings is 1. The number of carbonyl (C=O) groups excluding carboxylic acids is 2. The first-order chi connectivity index (χ1) is 14.0. The molecule has 1 aromatic heterocycles. The van der Waals surface area contributed by atoms with Crippen molar-refractivity contribution < 1.29 is 14.0 Å². The Kier molecular flexibility index (Phi) is 6.80. The molecular weight excluding hydrogens is 371 g/mol. The highest BCUT2D eigenvalue weighted by molar-refractivity contribution is 5.99. The van der Waals surface area contributed by atoms with Gasteiger partial charge in [-0.3, -0.25) is 14.6 Å². The van der Waals surface area contributed by atoms with Crippen LogP contribution in [0.4, 0.5) is 10.1 Å². The molecular formula is C22H27FN4O2. The van der Waals surface area contributed by atoms with Crippen molar-refractivity contribution in [2.45, 2.75) is 20.3 Å². The second kappa shape index (κ2) is 9.49. The molecule has 2 heterocycles. The molecule has 1 aliphatic rings. The van der Waals surface area contributed by atoms with Gasteiger partial charge in [0.15, 0.2) is 0 Å². The van der Waals surface area contributed by atoms with Crippen LogP contribution < -0.4 is 10.2 Å². The number of hydrogen-bond acceptors (Lipinski definition) is 4. The standard InChI is InChI=1S/C22H27FN4O2/c1-16(2)7-8-25-21(28)17-13-18(15-24-14-17)22(29)27-11-9-26(10-12-27)20-6-4-3-5-19(20)23/h3-6,13-16H,7-12H2,1-2H3,(H,25,28). The quantitative estimate of drug-likeness (QED) is 0.813. The second-order valence-corrected chi connectivity index (χ2v) is 7.63. The Labute approximate surface area is 170 Å². The maximum atomic E-state index is 14.0. The number of nitrogens with one attached hydrogen (secondary N) is 1. The fourth-order valence-electron chi connectivity index (χ4n) is 3.30. The third-order valence-corrected chi connectivity index (χ3v) is 5.01. The summed E-state index contributed by atoms with van der Waals surface area (Å²) in [6, 6.07) is 8.24. The Morgan fingerprint density at radius 1 is 1.10 bits per heavy atom. The van der Waals surface area contributed by atoms with Gasteiger partial charge in [-0.25, -0.2) is 4.39 Å². The minimum atomic E-state index is -0.257. The number of carbonyl (C=O) groups is 2. The molecule has 0 radical (unpaired) electrons. The van der Waals surface area contributed by atoms with Gasteiger partial charge in [0.05, 0.1) is 16.8 Å². The molecule has 29 heavy (non-hydrogen) atoms. The van der Waals surface area contributed by atoms with Gasteiger partial charge in [-0.2, -0.15) is 0 Å². The summed E-state index contributed by atoms with van der Waals surface area (Å²) in [5.74, 6) is -0.142. The Morgan fingerprint density at radius 2 is 1.79 bits per heavy atom. The van der Waals surface area contributed by atoms with Crippen molar-refractivity contribution in [3.8, 4) is 0 Å². The highest BCUT2D eigenvalue weighted by Crippen LogP contribution is 2.20. The normalized spacial score (nSPS) is 14.2. The summed E-state index contributed by atoms with van der Waals surface area (Å²) in [6.07, 6.45) is 3.85. The topological polar surface area (TPSA) is 65.5 Å². The van der Waals surface area contributed by atoms with Gasteiger partial charge < -0.3 is 15.1 Å². The van der Waals surface area contributed by atoms with Gasteiger partial charge in [-0.1, -0.05) is 26.0 Å². The van der Waals surface area contributed by atoms with Gasteiger partial charge in [0.25, 0.3) is 11.8 Å². The molecule has 0 saturated carbocycles. The van der Waals surface area contributed by atoms with E-state index >= 15 is 0 Å². The first-order valence-electron chi connectivity index (χ1n) is 9.97. The number of pyridine rings is 1. The number of rotatable bonds is 6. The number of nitrogens with zero attached hydrogens (tertiary/aromatic N) is 3. The Morgan fingerprint density at radius 3 is 2.48 bits per heavy atom. The van der Waals surface area contributed by atoms with E-state index in [1.165, 1.54) is 18.5 Å². The van der Waals surface area contributed by atoms with Crippen LogP contribution in [0, 0.1) is 11.7 Å². The van der Waals surface area contributed by atoms with Crippen molar-refractivity contribution in [1.82, 2.24) is 15.2 Å². The predicted molar refractivity (Wildman–Crippen MR) is 111 cm³/mol. The fourth-order valence-corrected chi connectivity index (χ4v) is 3.30. The second-order valence-electron chi connectivity index (χ2n) is 7.63. The molecule has 7 heteroatoms. The lowest BCUT2D eigenvalue weighted by atomic mass is 10.1. The summed E-state index contributed by atoms with van der Waals surface area (Å²) in [7, 11) is 0. The molecule has 1 aliphatic heterocycles. The summed E-state index contributed by atoms with van der Waals surface area (Å²) in [4.78, 5) is 32.9. The molecule has 1 aromatic carbocycles. The van der Waals surface area contributed by atoms with Crippen LogP contribution in [0.5, 0.6) is 0 Å². The molecule has 6 nitrogen and oxygen atoms in total. The van der Waals surface area contributed by atoms with Gasteiger partial charge in [0.1, 0.15) is 5.82 Å². The summed E-state index contributed by atoms with van der Waals surface area (Å²) in [6.45, 7) is 6.85. The van der Waals surface area contributed by atoms with E-state index in [0.717, 1.165) is 6.42 Å². The minimum absolute atomic E-state index is 0.164. The van der Waals surface area contributed by atoms with E-state index in [0.29, 0.717) is 55.5 Å². The number of anilines is 1. The predicted octanol–water partition coefficient (Wildman–Crippen LogP) is 2.96. The number of aromatic nitrogens is 1. The van der Waals surface area contributed by atoms with Gasteiger partial charge in [-0.05, 0) is 30.5 Å².